The van der Waals surface area contributed by atoms with Gasteiger partial charge >= 0.3 is 58.9 Å². The summed E-state index contributed by atoms with van der Waals surface area (Å²) in [5.74, 6) is -7.42. The molecule has 145 heavy (non-hydrogen) atoms. The summed E-state index contributed by atoms with van der Waals surface area (Å²) >= 11 is 0. The molecular formula is C100H153MnN5O39+3. The normalized spacial score (nSPS) is 12.2. The van der Waals surface area contributed by atoms with Gasteiger partial charge in [0.15, 0.2) is 34.5 Å². The monoisotopic (exact) mass is 2100 g/mol. The second kappa shape index (κ2) is 70.7. The minimum absolute atomic E-state index is 0. The summed E-state index contributed by atoms with van der Waals surface area (Å²) in [5, 5.41) is 69.0. The fourth-order valence-corrected chi connectivity index (χ4v) is 12.6. The van der Waals surface area contributed by atoms with Crippen LogP contribution in [0.1, 0.15) is 129 Å². The molecule has 816 valence electrons. The van der Waals surface area contributed by atoms with Crippen molar-refractivity contribution in [2.75, 3.05) is 270 Å². The number of hydrogen-bond donors (Lipinski definition) is 9. The molecule has 0 aromatic heterocycles. The Morgan fingerprint density at radius 2 is 0.559 bits per heavy atom. The number of carbonyl (C=O) groups is 7. The maximum Gasteiger partial charge on any atom is 3.00 e. The first-order chi connectivity index (χ1) is 68.5. The summed E-state index contributed by atoms with van der Waals surface area (Å²) in [6, 6.07) is 17.3. The molecule has 5 rings (SSSR count). The van der Waals surface area contributed by atoms with Crippen molar-refractivity contribution < 1.29 is 205 Å². The van der Waals surface area contributed by atoms with Gasteiger partial charge in [-0.1, -0.05) is 18.2 Å². The van der Waals surface area contributed by atoms with Crippen molar-refractivity contribution in [3.63, 3.8) is 0 Å². The molecule has 5 aromatic carbocycles. The Kier molecular flexibility index (Phi) is 62.1. The van der Waals surface area contributed by atoms with E-state index in [1.54, 1.807) is 61.5 Å². The number of aliphatic carboxylic acids is 4. The van der Waals surface area contributed by atoms with Crippen molar-refractivity contribution in [3.8, 4) is 63.2 Å². The van der Waals surface area contributed by atoms with Crippen molar-refractivity contribution in [2.45, 2.75) is 144 Å². The largest absolute Gasteiger partial charge is 3.00 e. The van der Waals surface area contributed by atoms with Gasteiger partial charge in [-0.2, -0.15) is 0 Å². The van der Waals surface area contributed by atoms with Crippen LogP contribution in [0.15, 0.2) is 78.9 Å². The molecule has 44 nitrogen and oxygen atoms in total. The van der Waals surface area contributed by atoms with E-state index in [2.05, 4.69) is 0 Å². The van der Waals surface area contributed by atoms with E-state index in [1.165, 1.54) is 28.0 Å². The third kappa shape index (κ3) is 60.1. The van der Waals surface area contributed by atoms with Crippen LogP contribution in [0.25, 0.3) is 0 Å². The van der Waals surface area contributed by atoms with E-state index in [1.807, 2.05) is 83.1 Å². The van der Waals surface area contributed by atoms with Gasteiger partial charge in [0, 0.05) is 32.2 Å². The Balaban J connectivity index is 0.0000438. The van der Waals surface area contributed by atoms with E-state index in [4.69, 9.17) is 130 Å². The van der Waals surface area contributed by atoms with Gasteiger partial charge in [0.05, 0.1) is 214 Å². The zero-order chi connectivity index (χ0) is 106. The predicted molar refractivity (Wildman–Crippen MR) is 520 cm³/mol. The van der Waals surface area contributed by atoms with Crippen molar-refractivity contribution in [1.29, 1.82) is 0 Å². The minimum atomic E-state index is -1.35. The number of aryl methyl sites for hydroxylation is 1. The molecular weight excluding hydrogens is 1950 g/mol. The number of nitrogens with two attached hydrogens (primary N) is 2. The average Bonchev–Trinajstić information content (AvgIpc) is 0.820. The summed E-state index contributed by atoms with van der Waals surface area (Å²) in [5.41, 5.74) is 13.2. The molecule has 2 unspecified atom stereocenters. The Bertz CT molecular complexity index is 4200. The molecule has 0 radical (unpaired) electrons. The van der Waals surface area contributed by atoms with Crippen molar-refractivity contribution >= 4 is 41.8 Å². The first-order valence-corrected chi connectivity index (χ1v) is 47.7. The van der Waals surface area contributed by atoms with E-state index < -0.39 is 105 Å². The van der Waals surface area contributed by atoms with E-state index in [0.717, 1.165) is 11.0 Å². The van der Waals surface area contributed by atoms with Crippen LogP contribution in [0.3, 0.4) is 0 Å². The van der Waals surface area contributed by atoms with Gasteiger partial charge in [0.25, 0.3) is 0 Å². The third-order valence-electron chi connectivity index (χ3n) is 19.4. The van der Waals surface area contributed by atoms with Crippen LogP contribution < -0.4 is 49.4 Å². The minimum Gasteiger partial charge on any atom is -0.508 e. The Labute approximate surface area is 858 Å². The molecule has 0 aliphatic rings. The van der Waals surface area contributed by atoms with Gasteiger partial charge in [-0.3, -0.25) is 38.7 Å². The number of benzene rings is 5. The van der Waals surface area contributed by atoms with Gasteiger partial charge in [0.1, 0.15) is 102 Å². The number of carbonyl (C=O) groups excluding carboxylic acids is 3. The fraction of sp³-hybridized carbons (Fsp3) is 0.630. The zero-order valence-corrected chi connectivity index (χ0v) is 87.0. The number of esters is 3. The first kappa shape index (κ1) is 127. The van der Waals surface area contributed by atoms with E-state index in [0.29, 0.717) is 75.1 Å². The molecule has 5 aromatic rings. The number of hydrogen-bond acceptors (Lipinski definition) is 40. The molecule has 0 amide bonds. The van der Waals surface area contributed by atoms with E-state index in [9.17, 15) is 69.3 Å². The molecule has 11 N–H and O–H groups in total. The van der Waals surface area contributed by atoms with Crippen molar-refractivity contribution in [2.24, 2.45) is 11.5 Å². The quantitative estimate of drug-likeness (QED) is 0.00590. The number of nitrogens with zero attached hydrogens (tertiary/aromatic N) is 3. The topological polar surface area (TPSA) is 554 Å². The maximum absolute atomic E-state index is 14.1. The van der Waals surface area contributed by atoms with Crippen LogP contribution in [-0.2, 0) is 151 Å². The first-order valence-electron chi connectivity index (χ1n) is 47.7. The van der Waals surface area contributed by atoms with Crippen LogP contribution >= 0.6 is 0 Å². The number of phenolic OH excluding ortho intramolecular Hbond substituents is 3. The molecule has 2 atom stereocenters. The van der Waals surface area contributed by atoms with Crippen LogP contribution in [-0.4, -0.2) is 385 Å². The number of aromatic hydroxyl groups is 3. The third-order valence-corrected chi connectivity index (χ3v) is 19.4. The Hall–Kier alpha value is -10.1. The smallest absolute Gasteiger partial charge is 0.508 e. The molecule has 0 heterocycles. The number of carboxylic acids is 4. The maximum atomic E-state index is 14.1. The molecule has 0 aliphatic heterocycles. The van der Waals surface area contributed by atoms with Crippen LogP contribution in [0.2, 0.25) is 0 Å². The van der Waals surface area contributed by atoms with Crippen LogP contribution in [0.5, 0.6) is 63.2 Å². The van der Waals surface area contributed by atoms with E-state index in [-0.39, 0.29) is 300 Å². The molecule has 0 aliphatic carbocycles. The van der Waals surface area contributed by atoms with Crippen molar-refractivity contribution in [3.05, 3.63) is 112 Å². The van der Waals surface area contributed by atoms with Crippen LogP contribution in [0, 0.1) is 6.92 Å². The van der Waals surface area contributed by atoms with Gasteiger partial charge in [0.2, 0.25) is 11.5 Å². The Morgan fingerprint density at radius 1 is 0.290 bits per heavy atom. The average molecular weight is 2100 g/mol. The van der Waals surface area contributed by atoms with Crippen LogP contribution in [0.4, 0.5) is 0 Å². The molecule has 0 spiro atoms. The summed E-state index contributed by atoms with van der Waals surface area (Å²) < 4.78 is 150. The van der Waals surface area contributed by atoms with Gasteiger partial charge in [-0.15, -0.1) is 0 Å². The second-order valence-electron chi connectivity index (χ2n) is 36.3. The summed E-state index contributed by atoms with van der Waals surface area (Å²) in [6.07, 6.45) is 0. The molecule has 0 saturated heterocycles. The van der Waals surface area contributed by atoms with E-state index >= 15 is 0 Å². The molecule has 0 fully saturated rings. The summed E-state index contributed by atoms with van der Waals surface area (Å²) in [7, 11) is 0. The predicted octanol–water partition coefficient (Wildman–Crippen LogP) is 7.74. The van der Waals surface area contributed by atoms with Gasteiger partial charge < -0.3 is 166 Å². The number of ether oxygens (including phenoxy) is 25. The molecule has 0 bridgehead atoms. The summed E-state index contributed by atoms with van der Waals surface area (Å²) in [6.45, 7) is 24.3. The number of carboxylic acid groups (broad SMARTS) is 4. The standard InChI is InChI=1S/C100H153N5O39.Mn/c1-71-14-15-75(60-80(71)107)91(101)95(118)136-48-36-128-34-46-134-93-82(130-42-30-120-22-26-124-38-50-141-97(2,3)4)56-73(57-83(93)131-43-31-121-23-27-125-39-51-142-98(5,6)7)68-138-77-54-72(70-140-90(117)67-105(66-89(115)116)21-19-103(63-86(109)110)18-20-104(64-87(111)112)65-88(113)114)55-78(62-77)139-69-74-58-84(132-44-32-122-24-28-126-40-52-143-99(8,9)10)94(85(59-74)133-45-33-123-25-29-127-41-53-144-100(11,12)13)135-47-35-129-37-49-137-96(119)92(102)76-16-17-79(106)81(108)61-76;/h14-17,54-62,91-92,106-108H,18-53,63-70,101-102H2,1-13H3,(H,109,110)(H,111,112)(H,113,114)(H,115,116);/q;+3. The van der Waals surface area contributed by atoms with Crippen molar-refractivity contribution in [1.82, 2.24) is 14.7 Å². The Morgan fingerprint density at radius 3 is 0.869 bits per heavy atom. The summed E-state index contributed by atoms with van der Waals surface area (Å²) in [4.78, 5) is 91.4. The zero-order valence-electron chi connectivity index (χ0n) is 85.8. The number of rotatable bonds is 82. The van der Waals surface area contributed by atoms with Gasteiger partial charge in [-0.25, -0.2) is 9.59 Å². The molecule has 45 heteroatoms. The van der Waals surface area contributed by atoms with Gasteiger partial charge in [-0.05, 0) is 178 Å². The number of phenols is 3. The SMILES string of the molecule is Cc1ccc(C(N)C(=O)OCCOCCOc2c(OCCOCCOCCOC(C)(C)C)cc(COc3cc(COC(=O)CN(CCN(CCN(CC(=O)O)CC(=O)O)CC(=O)O)CC(=O)O)cc(OCc4cc(OCCOCCOCCOC(C)(C)C)c(OCCOCCOC(=O)C(N)c5ccc(O)c(O)c5)c(OCCOCCOCCOC(C)(C)C)c4)c3)cc2OCCOCCOCCOC(C)(C)C)cc1O.[Mn+3]. The fourth-order valence-electron chi connectivity index (χ4n) is 12.6. The molecule has 0 saturated carbocycles. The second-order valence-corrected chi connectivity index (χ2v) is 36.3.